The Bertz CT molecular complexity index is 487. The Morgan fingerprint density at radius 1 is 1.56 bits per heavy atom. The van der Waals surface area contributed by atoms with Gasteiger partial charge in [0.15, 0.2) is 0 Å². The standard InChI is InChI=1S/C10H14N4O4/c1-10(2,9(11)15)13-8-6(14(16)17)4-5-7(12-8)18-3/h4-5H,1-3H3,(H2,11,15)(H,12,13). The van der Waals surface area contributed by atoms with E-state index in [1.54, 1.807) is 0 Å². The van der Waals surface area contributed by atoms with Crippen molar-refractivity contribution in [3.8, 4) is 5.88 Å². The smallest absolute Gasteiger partial charge is 0.311 e. The molecule has 0 radical (unpaired) electrons. The maximum absolute atomic E-state index is 11.2. The van der Waals surface area contributed by atoms with E-state index in [2.05, 4.69) is 10.3 Å². The van der Waals surface area contributed by atoms with Gasteiger partial charge in [-0.25, -0.2) is 0 Å². The van der Waals surface area contributed by atoms with E-state index in [0.29, 0.717) is 0 Å². The van der Waals surface area contributed by atoms with E-state index < -0.39 is 16.4 Å². The van der Waals surface area contributed by atoms with Gasteiger partial charge in [0.05, 0.1) is 12.0 Å². The Labute approximate surface area is 103 Å². The summed E-state index contributed by atoms with van der Waals surface area (Å²) in [6, 6.07) is 2.60. The highest BCUT2D eigenvalue weighted by molar-refractivity contribution is 5.87. The SMILES string of the molecule is COc1ccc([N+](=O)[O-])c(NC(C)(C)C(N)=O)n1. The predicted molar refractivity (Wildman–Crippen MR) is 64.3 cm³/mol. The number of nitrogens with one attached hydrogen (secondary N) is 1. The zero-order chi connectivity index (χ0) is 13.9. The largest absolute Gasteiger partial charge is 0.481 e. The summed E-state index contributed by atoms with van der Waals surface area (Å²) in [6.07, 6.45) is 0. The van der Waals surface area contributed by atoms with Crippen molar-refractivity contribution in [3.63, 3.8) is 0 Å². The van der Waals surface area contributed by atoms with Gasteiger partial charge in [-0.05, 0) is 13.8 Å². The maximum atomic E-state index is 11.2. The first-order valence-corrected chi connectivity index (χ1v) is 5.05. The van der Waals surface area contributed by atoms with Crippen molar-refractivity contribution < 1.29 is 14.5 Å². The number of amides is 1. The van der Waals surface area contributed by atoms with E-state index in [1.165, 1.54) is 33.1 Å². The second kappa shape index (κ2) is 4.86. The lowest BCUT2D eigenvalue weighted by molar-refractivity contribution is -0.384. The molecule has 1 aromatic heterocycles. The number of carbonyl (C=O) groups excluding carboxylic acids is 1. The molecular formula is C10H14N4O4. The normalized spacial score (nSPS) is 10.8. The second-order valence-corrected chi connectivity index (χ2v) is 4.09. The van der Waals surface area contributed by atoms with Crippen LogP contribution in [0.3, 0.4) is 0 Å². The molecule has 0 aliphatic carbocycles. The molecule has 8 nitrogen and oxygen atoms in total. The molecule has 0 fully saturated rings. The van der Waals surface area contributed by atoms with Gasteiger partial charge in [-0.3, -0.25) is 14.9 Å². The number of primary amides is 1. The lowest BCUT2D eigenvalue weighted by Crippen LogP contribution is -2.45. The van der Waals surface area contributed by atoms with Gasteiger partial charge in [0, 0.05) is 12.1 Å². The van der Waals surface area contributed by atoms with Crippen LogP contribution in [0, 0.1) is 10.1 Å². The van der Waals surface area contributed by atoms with Crippen LogP contribution in [0.2, 0.25) is 0 Å². The molecule has 0 unspecified atom stereocenters. The number of anilines is 1. The summed E-state index contributed by atoms with van der Waals surface area (Å²) < 4.78 is 4.87. The minimum absolute atomic E-state index is 0.0665. The molecule has 0 saturated carbocycles. The molecule has 0 bridgehead atoms. The molecule has 0 saturated heterocycles. The Morgan fingerprint density at radius 3 is 2.61 bits per heavy atom. The van der Waals surface area contributed by atoms with Crippen LogP contribution in [0.5, 0.6) is 5.88 Å². The summed E-state index contributed by atoms with van der Waals surface area (Å²) >= 11 is 0. The summed E-state index contributed by atoms with van der Waals surface area (Å²) in [5, 5.41) is 13.5. The molecule has 18 heavy (non-hydrogen) atoms. The van der Waals surface area contributed by atoms with Crippen LogP contribution in [0.15, 0.2) is 12.1 Å². The number of nitrogens with zero attached hydrogens (tertiary/aromatic N) is 2. The van der Waals surface area contributed by atoms with Crippen LogP contribution in [-0.2, 0) is 4.79 Å². The van der Waals surface area contributed by atoms with Gasteiger partial charge in [0.2, 0.25) is 17.6 Å². The molecule has 1 aromatic rings. The Morgan fingerprint density at radius 2 is 2.17 bits per heavy atom. The zero-order valence-corrected chi connectivity index (χ0v) is 10.3. The summed E-state index contributed by atoms with van der Waals surface area (Å²) in [7, 11) is 1.39. The summed E-state index contributed by atoms with van der Waals surface area (Å²) in [5.41, 5.74) is 3.76. The van der Waals surface area contributed by atoms with Gasteiger partial charge < -0.3 is 15.8 Å². The fourth-order valence-corrected chi connectivity index (χ4v) is 1.14. The highest BCUT2D eigenvalue weighted by atomic mass is 16.6. The van der Waals surface area contributed by atoms with Gasteiger partial charge in [0.1, 0.15) is 5.54 Å². The topological polar surface area (TPSA) is 120 Å². The highest BCUT2D eigenvalue weighted by Gasteiger charge is 2.29. The van der Waals surface area contributed by atoms with E-state index >= 15 is 0 Å². The number of methoxy groups -OCH3 is 1. The maximum Gasteiger partial charge on any atom is 0.311 e. The molecule has 1 amide bonds. The van der Waals surface area contributed by atoms with E-state index in [4.69, 9.17) is 10.5 Å². The average molecular weight is 254 g/mol. The number of pyridine rings is 1. The molecule has 0 aromatic carbocycles. The molecule has 8 heteroatoms. The van der Waals surface area contributed by atoms with Crippen LogP contribution in [0.4, 0.5) is 11.5 Å². The minimum atomic E-state index is -1.16. The number of rotatable bonds is 5. The quantitative estimate of drug-likeness (QED) is 0.588. The third-order valence-corrected chi connectivity index (χ3v) is 2.30. The molecular weight excluding hydrogens is 240 g/mol. The number of nitrogens with two attached hydrogens (primary N) is 1. The van der Waals surface area contributed by atoms with Crippen molar-refractivity contribution in [1.82, 2.24) is 4.98 Å². The van der Waals surface area contributed by atoms with Gasteiger partial charge in [-0.1, -0.05) is 0 Å². The van der Waals surface area contributed by atoms with Crippen molar-refractivity contribution in [2.45, 2.75) is 19.4 Å². The molecule has 98 valence electrons. The van der Waals surface area contributed by atoms with Crippen molar-refractivity contribution in [2.24, 2.45) is 5.73 Å². The molecule has 0 aliphatic rings. The number of ether oxygens (including phenoxy) is 1. The predicted octanol–water partition coefficient (Wildman–Crippen LogP) is 0.674. The minimum Gasteiger partial charge on any atom is -0.481 e. The lowest BCUT2D eigenvalue weighted by Gasteiger charge is -2.22. The fraction of sp³-hybridized carbons (Fsp3) is 0.400. The monoisotopic (exact) mass is 254 g/mol. The lowest BCUT2D eigenvalue weighted by atomic mass is 10.1. The first-order valence-electron chi connectivity index (χ1n) is 5.05. The molecule has 1 rings (SSSR count). The van der Waals surface area contributed by atoms with Crippen LogP contribution in [-0.4, -0.2) is 28.5 Å². The van der Waals surface area contributed by atoms with Crippen molar-refractivity contribution in [2.75, 3.05) is 12.4 Å². The molecule has 0 aliphatic heterocycles. The Hall–Kier alpha value is -2.38. The zero-order valence-electron chi connectivity index (χ0n) is 10.3. The van der Waals surface area contributed by atoms with E-state index in [0.717, 1.165) is 0 Å². The summed E-state index contributed by atoms with van der Waals surface area (Å²) in [4.78, 5) is 25.3. The highest BCUT2D eigenvalue weighted by Crippen LogP contribution is 2.27. The Kier molecular flexibility index (Phi) is 3.70. The third kappa shape index (κ3) is 2.84. The van der Waals surface area contributed by atoms with Gasteiger partial charge in [-0.2, -0.15) is 4.98 Å². The molecule has 0 spiro atoms. The van der Waals surface area contributed by atoms with Crippen LogP contribution in [0.1, 0.15) is 13.8 Å². The first-order chi connectivity index (χ1) is 8.27. The molecule has 1 heterocycles. The number of aromatic nitrogens is 1. The summed E-state index contributed by atoms with van der Waals surface area (Å²) in [5.74, 6) is -0.520. The Balaban J connectivity index is 3.20. The number of nitro groups is 1. The van der Waals surface area contributed by atoms with Gasteiger partial charge >= 0.3 is 5.69 Å². The fourth-order valence-electron chi connectivity index (χ4n) is 1.14. The van der Waals surface area contributed by atoms with E-state index in [9.17, 15) is 14.9 Å². The van der Waals surface area contributed by atoms with Crippen LogP contribution < -0.4 is 15.8 Å². The van der Waals surface area contributed by atoms with Gasteiger partial charge in [-0.15, -0.1) is 0 Å². The number of hydrogen-bond acceptors (Lipinski definition) is 6. The van der Waals surface area contributed by atoms with Gasteiger partial charge in [0.25, 0.3) is 0 Å². The third-order valence-electron chi connectivity index (χ3n) is 2.30. The average Bonchev–Trinajstić information content (AvgIpc) is 2.27. The van der Waals surface area contributed by atoms with Crippen LogP contribution >= 0.6 is 0 Å². The van der Waals surface area contributed by atoms with E-state index in [-0.39, 0.29) is 17.4 Å². The second-order valence-electron chi connectivity index (χ2n) is 4.09. The van der Waals surface area contributed by atoms with Crippen LogP contribution in [0.25, 0.3) is 0 Å². The number of carbonyl (C=O) groups is 1. The summed E-state index contributed by atoms with van der Waals surface area (Å²) in [6.45, 7) is 3.00. The van der Waals surface area contributed by atoms with Crippen molar-refractivity contribution in [3.05, 3.63) is 22.2 Å². The van der Waals surface area contributed by atoms with Crippen molar-refractivity contribution >= 4 is 17.4 Å². The van der Waals surface area contributed by atoms with E-state index in [1.807, 2.05) is 0 Å². The molecule has 3 N–H and O–H groups in total. The van der Waals surface area contributed by atoms with Crippen molar-refractivity contribution in [1.29, 1.82) is 0 Å². The first kappa shape index (κ1) is 13.7. The molecule has 0 atom stereocenters. The number of hydrogen-bond donors (Lipinski definition) is 2.